The zero-order valence-electron chi connectivity index (χ0n) is 14.8. The van der Waals surface area contributed by atoms with Crippen LogP contribution in [0.1, 0.15) is 18.9 Å². The van der Waals surface area contributed by atoms with Gasteiger partial charge in [-0.2, -0.15) is 0 Å². The third-order valence-electron chi connectivity index (χ3n) is 4.18. The van der Waals surface area contributed by atoms with Gasteiger partial charge < -0.3 is 15.5 Å². The monoisotopic (exact) mass is 366 g/mol. The standard InChI is InChI=1S/C18H27ClN4O2/c1-2-7-20-17(24)14-22-9-11-23(12-10-22)18(25)21-8-6-15-4-3-5-16(19)13-15/h3-5,13H,2,6-12,14H2,1H3,(H,20,24)(H,21,25). The summed E-state index contributed by atoms with van der Waals surface area (Å²) in [6.45, 7) is 6.47. The van der Waals surface area contributed by atoms with Crippen molar-refractivity contribution in [1.82, 2.24) is 20.4 Å². The third kappa shape index (κ3) is 6.92. The average molecular weight is 367 g/mol. The molecule has 2 rings (SSSR count). The highest BCUT2D eigenvalue weighted by Gasteiger charge is 2.21. The first-order chi connectivity index (χ1) is 12.1. The van der Waals surface area contributed by atoms with Crippen LogP contribution in [0.4, 0.5) is 4.79 Å². The van der Waals surface area contributed by atoms with Gasteiger partial charge in [-0.1, -0.05) is 30.7 Å². The number of nitrogens with one attached hydrogen (secondary N) is 2. The molecule has 1 aliphatic rings. The number of halogens is 1. The van der Waals surface area contributed by atoms with Crippen LogP contribution in [0.3, 0.4) is 0 Å². The van der Waals surface area contributed by atoms with Gasteiger partial charge in [-0.15, -0.1) is 0 Å². The Bertz CT molecular complexity index is 574. The van der Waals surface area contributed by atoms with Crippen molar-refractivity contribution in [2.24, 2.45) is 0 Å². The first-order valence-corrected chi connectivity index (χ1v) is 9.22. The second-order valence-corrected chi connectivity index (χ2v) is 6.66. The number of hydrogen-bond acceptors (Lipinski definition) is 3. The van der Waals surface area contributed by atoms with Crippen molar-refractivity contribution in [1.29, 1.82) is 0 Å². The minimum absolute atomic E-state index is 0.0443. The van der Waals surface area contributed by atoms with Crippen LogP contribution in [-0.2, 0) is 11.2 Å². The lowest BCUT2D eigenvalue weighted by Gasteiger charge is -2.34. The summed E-state index contributed by atoms with van der Waals surface area (Å²) in [4.78, 5) is 27.8. The lowest BCUT2D eigenvalue weighted by molar-refractivity contribution is -0.122. The van der Waals surface area contributed by atoms with Crippen LogP contribution in [0.25, 0.3) is 0 Å². The molecule has 0 aliphatic carbocycles. The Morgan fingerprint density at radius 3 is 2.56 bits per heavy atom. The molecular weight excluding hydrogens is 340 g/mol. The number of piperazine rings is 1. The van der Waals surface area contributed by atoms with Gasteiger partial charge in [0.25, 0.3) is 0 Å². The van der Waals surface area contributed by atoms with E-state index in [1.165, 1.54) is 0 Å². The molecule has 138 valence electrons. The number of rotatable bonds is 7. The Morgan fingerprint density at radius 1 is 1.12 bits per heavy atom. The maximum atomic E-state index is 12.2. The molecule has 1 aromatic carbocycles. The summed E-state index contributed by atoms with van der Waals surface area (Å²) in [5.74, 6) is 0.0567. The Balaban J connectivity index is 1.64. The van der Waals surface area contributed by atoms with Gasteiger partial charge >= 0.3 is 6.03 Å². The van der Waals surface area contributed by atoms with E-state index in [1.54, 1.807) is 4.90 Å². The van der Waals surface area contributed by atoms with Crippen molar-refractivity contribution >= 4 is 23.5 Å². The molecule has 0 saturated carbocycles. The van der Waals surface area contributed by atoms with Gasteiger partial charge in [0.15, 0.2) is 0 Å². The molecule has 3 amide bonds. The molecule has 0 unspecified atom stereocenters. The van der Waals surface area contributed by atoms with E-state index in [9.17, 15) is 9.59 Å². The molecule has 0 radical (unpaired) electrons. The number of carbonyl (C=O) groups excluding carboxylic acids is 2. The quantitative estimate of drug-likeness (QED) is 0.772. The fraction of sp³-hybridized carbons (Fsp3) is 0.556. The Hall–Kier alpha value is -1.79. The predicted molar refractivity (Wildman–Crippen MR) is 99.9 cm³/mol. The maximum absolute atomic E-state index is 12.2. The lowest BCUT2D eigenvalue weighted by Crippen LogP contribution is -2.53. The van der Waals surface area contributed by atoms with E-state index in [-0.39, 0.29) is 11.9 Å². The summed E-state index contributed by atoms with van der Waals surface area (Å²) in [6.07, 6.45) is 1.69. The van der Waals surface area contributed by atoms with Crippen LogP contribution >= 0.6 is 11.6 Å². The van der Waals surface area contributed by atoms with Gasteiger partial charge in [-0.05, 0) is 30.5 Å². The minimum atomic E-state index is -0.0443. The summed E-state index contributed by atoms with van der Waals surface area (Å²) < 4.78 is 0. The molecular formula is C18H27ClN4O2. The summed E-state index contributed by atoms with van der Waals surface area (Å²) in [7, 11) is 0. The smallest absolute Gasteiger partial charge is 0.317 e. The van der Waals surface area contributed by atoms with E-state index < -0.39 is 0 Å². The zero-order chi connectivity index (χ0) is 18.1. The molecule has 0 atom stereocenters. The van der Waals surface area contributed by atoms with E-state index in [2.05, 4.69) is 15.5 Å². The first-order valence-electron chi connectivity index (χ1n) is 8.84. The number of carbonyl (C=O) groups is 2. The molecule has 6 nitrogen and oxygen atoms in total. The molecule has 1 aromatic rings. The molecule has 1 aliphatic heterocycles. The highest BCUT2D eigenvalue weighted by Crippen LogP contribution is 2.10. The first kappa shape index (κ1) is 19.5. The second-order valence-electron chi connectivity index (χ2n) is 6.22. The molecule has 1 saturated heterocycles. The van der Waals surface area contributed by atoms with Gasteiger partial charge in [0, 0.05) is 44.3 Å². The van der Waals surface area contributed by atoms with Gasteiger partial charge in [0.2, 0.25) is 5.91 Å². The SMILES string of the molecule is CCCNC(=O)CN1CCN(C(=O)NCCc2cccc(Cl)c2)CC1. The Morgan fingerprint density at radius 2 is 1.88 bits per heavy atom. The minimum Gasteiger partial charge on any atom is -0.355 e. The Kier molecular flexibility index (Phi) is 8.01. The predicted octanol–water partition coefficient (Wildman–Crippen LogP) is 1.74. The van der Waals surface area contributed by atoms with E-state index in [0.717, 1.165) is 31.5 Å². The molecule has 7 heteroatoms. The number of benzene rings is 1. The molecule has 2 N–H and O–H groups in total. The average Bonchev–Trinajstić information content (AvgIpc) is 2.60. The van der Waals surface area contributed by atoms with Gasteiger partial charge in [-0.3, -0.25) is 9.69 Å². The van der Waals surface area contributed by atoms with Crippen LogP contribution in [0.5, 0.6) is 0 Å². The molecule has 1 heterocycles. The van der Waals surface area contributed by atoms with Crippen molar-refractivity contribution in [2.45, 2.75) is 19.8 Å². The number of amides is 3. The van der Waals surface area contributed by atoms with E-state index >= 15 is 0 Å². The molecule has 1 fully saturated rings. The van der Waals surface area contributed by atoms with Crippen molar-refractivity contribution in [2.75, 3.05) is 45.8 Å². The Labute approximate surface area is 154 Å². The summed E-state index contributed by atoms with van der Waals surface area (Å²) in [5, 5.41) is 6.54. The van der Waals surface area contributed by atoms with Crippen molar-refractivity contribution < 1.29 is 9.59 Å². The normalized spacial score (nSPS) is 15.0. The van der Waals surface area contributed by atoms with Gasteiger partial charge in [0.1, 0.15) is 0 Å². The van der Waals surface area contributed by atoms with Crippen LogP contribution in [0.15, 0.2) is 24.3 Å². The third-order valence-corrected chi connectivity index (χ3v) is 4.41. The highest BCUT2D eigenvalue weighted by molar-refractivity contribution is 6.30. The van der Waals surface area contributed by atoms with E-state index in [4.69, 9.17) is 11.6 Å². The van der Waals surface area contributed by atoms with E-state index in [0.29, 0.717) is 37.7 Å². The summed E-state index contributed by atoms with van der Waals surface area (Å²) in [5.41, 5.74) is 1.11. The topological polar surface area (TPSA) is 64.7 Å². The van der Waals surface area contributed by atoms with Gasteiger partial charge in [0.05, 0.1) is 6.54 Å². The fourth-order valence-corrected chi connectivity index (χ4v) is 2.96. The molecule has 0 aromatic heterocycles. The van der Waals surface area contributed by atoms with Crippen molar-refractivity contribution in [3.8, 4) is 0 Å². The van der Waals surface area contributed by atoms with Crippen LogP contribution in [-0.4, -0.2) is 67.6 Å². The largest absolute Gasteiger partial charge is 0.355 e. The highest BCUT2D eigenvalue weighted by atomic mass is 35.5. The number of urea groups is 1. The van der Waals surface area contributed by atoms with Crippen LogP contribution in [0.2, 0.25) is 5.02 Å². The van der Waals surface area contributed by atoms with E-state index in [1.807, 2.05) is 31.2 Å². The van der Waals surface area contributed by atoms with Crippen LogP contribution < -0.4 is 10.6 Å². The number of hydrogen-bond donors (Lipinski definition) is 2. The maximum Gasteiger partial charge on any atom is 0.317 e. The summed E-state index contributed by atoms with van der Waals surface area (Å²) >= 11 is 5.96. The second kappa shape index (κ2) is 10.3. The fourth-order valence-electron chi connectivity index (χ4n) is 2.75. The number of nitrogens with zero attached hydrogens (tertiary/aromatic N) is 2. The van der Waals surface area contributed by atoms with Gasteiger partial charge in [-0.25, -0.2) is 4.79 Å². The van der Waals surface area contributed by atoms with Crippen molar-refractivity contribution in [3.05, 3.63) is 34.9 Å². The molecule has 0 bridgehead atoms. The molecule has 0 spiro atoms. The molecule has 25 heavy (non-hydrogen) atoms. The lowest BCUT2D eigenvalue weighted by atomic mass is 10.1. The van der Waals surface area contributed by atoms with Crippen LogP contribution in [0, 0.1) is 0 Å². The van der Waals surface area contributed by atoms with Crippen molar-refractivity contribution in [3.63, 3.8) is 0 Å². The zero-order valence-corrected chi connectivity index (χ0v) is 15.5. The summed E-state index contributed by atoms with van der Waals surface area (Å²) in [6, 6.07) is 7.62.